The van der Waals surface area contributed by atoms with Crippen LogP contribution in [0.15, 0.2) is 48.5 Å². The Balaban J connectivity index is 1.91. The van der Waals surface area contributed by atoms with Crippen molar-refractivity contribution in [2.75, 3.05) is 26.4 Å². The second-order valence-electron chi connectivity index (χ2n) is 4.19. The van der Waals surface area contributed by atoms with E-state index in [1.807, 2.05) is 24.3 Å². The molecule has 0 saturated carbocycles. The van der Waals surface area contributed by atoms with Crippen LogP contribution in [0.2, 0.25) is 0 Å². The molecular weight excluding hydrogens is 384 g/mol. The van der Waals surface area contributed by atoms with Crippen molar-refractivity contribution in [3.05, 3.63) is 48.5 Å². The molecule has 0 aliphatic heterocycles. The van der Waals surface area contributed by atoms with E-state index in [9.17, 15) is 0 Å². The van der Waals surface area contributed by atoms with Crippen molar-refractivity contribution in [2.24, 2.45) is 0 Å². The SMILES string of the molecule is OCCOc1ccc([Te]c2ccc(OCCO)cc2)cc1. The van der Waals surface area contributed by atoms with Gasteiger partial charge in [-0.1, -0.05) is 0 Å². The number of hydrogen-bond donors (Lipinski definition) is 2. The second kappa shape index (κ2) is 8.91. The Hall–Kier alpha value is -1.25. The Bertz CT molecular complexity index is 475. The Morgan fingerprint density at radius 2 is 1.05 bits per heavy atom. The molecule has 0 aliphatic rings. The maximum atomic E-state index is 8.71. The average Bonchev–Trinajstić information content (AvgIpc) is 2.53. The van der Waals surface area contributed by atoms with E-state index in [1.54, 1.807) is 0 Å². The summed E-state index contributed by atoms with van der Waals surface area (Å²) in [5, 5.41) is 17.4. The molecule has 0 aromatic heterocycles. The maximum absolute atomic E-state index is 8.71. The Kier molecular flexibility index (Phi) is 6.84. The molecule has 2 aromatic carbocycles. The van der Waals surface area contributed by atoms with E-state index in [2.05, 4.69) is 24.3 Å². The van der Waals surface area contributed by atoms with E-state index < -0.39 is 20.9 Å². The fourth-order valence-electron chi connectivity index (χ4n) is 1.67. The first-order valence-electron chi connectivity index (χ1n) is 6.67. The number of aliphatic hydroxyl groups excluding tert-OH is 2. The molecule has 0 fully saturated rings. The van der Waals surface area contributed by atoms with Gasteiger partial charge in [0, 0.05) is 0 Å². The summed E-state index contributed by atoms with van der Waals surface area (Å²) in [6.07, 6.45) is 0. The number of aliphatic hydroxyl groups is 2. The van der Waals surface area contributed by atoms with Crippen LogP contribution in [0.5, 0.6) is 11.5 Å². The number of benzene rings is 2. The Morgan fingerprint density at radius 1 is 0.667 bits per heavy atom. The molecule has 4 nitrogen and oxygen atoms in total. The van der Waals surface area contributed by atoms with Crippen LogP contribution in [0.3, 0.4) is 0 Å². The van der Waals surface area contributed by atoms with E-state index >= 15 is 0 Å². The first kappa shape index (κ1) is 16.1. The molecule has 2 N–H and O–H groups in total. The van der Waals surface area contributed by atoms with Gasteiger partial charge in [-0.2, -0.15) is 0 Å². The summed E-state index contributed by atoms with van der Waals surface area (Å²) < 4.78 is 13.3. The van der Waals surface area contributed by atoms with Gasteiger partial charge in [0.2, 0.25) is 0 Å². The van der Waals surface area contributed by atoms with Gasteiger partial charge in [0.1, 0.15) is 0 Å². The van der Waals surface area contributed by atoms with E-state index in [0.29, 0.717) is 13.2 Å². The predicted molar refractivity (Wildman–Crippen MR) is 83.1 cm³/mol. The molecule has 0 radical (unpaired) electrons. The zero-order chi connectivity index (χ0) is 14.9. The molecule has 2 rings (SSSR count). The van der Waals surface area contributed by atoms with Crippen molar-refractivity contribution >= 4 is 28.1 Å². The summed E-state index contributed by atoms with van der Waals surface area (Å²) in [5.41, 5.74) is 0. The van der Waals surface area contributed by atoms with Crippen LogP contribution in [-0.4, -0.2) is 57.6 Å². The van der Waals surface area contributed by atoms with Crippen LogP contribution < -0.4 is 16.7 Å². The molecule has 0 atom stereocenters. The van der Waals surface area contributed by atoms with E-state index in [-0.39, 0.29) is 13.2 Å². The molecule has 0 unspecified atom stereocenters. The van der Waals surface area contributed by atoms with Gasteiger partial charge in [-0.15, -0.1) is 0 Å². The van der Waals surface area contributed by atoms with Crippen LogP contribution in [0.25, 0.3) is 0 Å². The third kappa shape index (κ3) is 5.56. The van der Waals surface area contributed by atoms with Crippen molar-refractivity contribution in [1.82, 2.24) is 0 Å². The Morgan fingerprint density at radius 3 is 1.38 bits per heavy atom. The minimum absolute atomic E-state index is 0.0284. The van der Waals surface area contributed by atoms with Crippen LogP contribution in [0, 0.1) is 0 Å². The molecule has 0 bridgehead atoms. The first-order valence-corrected chi connectivity index (χ1v) is 9.00. The number of rotatable bonds is 8. The molecule has 0 amide bonds. The minimum atomic E-state index is -0.428. The molecule has 112 valence electrons. The van der Waals surface area contributed by atoms with Gasteiger partial charge in [0.15, 0.2) is 0 Å². The van der Waals surface area contributed by atoms with Gasteiger partial charge in [-0.05, 0) is 0 Å². The van der Waals surface area contributed by atoms with Crippen molar-refractivity contribution in [3.63, 3.8) is 0 Å². The Labute approximate surface area is 134 Å². The fraction of sp³-hybridized carbons (Fsp3) is 0.250. The van der Waals surface area contributed by atoms with Crippen LogP contribution in [-0.2, 0) is 0 Å². The van der Waals surface area contributed by atoms with E-state index in [0.717, 1.165) is 11.5 Å². The van der Waals surface area contributed by atoms with Gasteiger partial charge < -0.3 is 0 Å². The van der Waals surface area contributed by atoms with Gasteiger partial charge in [-0.25, -0.2) is 0 Å². The molecule has 0 heterocycles. The number of ether oxygens (including phenoxy) is 2. The van der Waals surface area contributed by atoms with Gasteiger partial charge in [0.25, 0.3) is 0 Å². The van der Waals surface area contributed by atoms with Crippen LogP contribution >= 0.6 is 0 Å². The normalized spacial score (nSPS) is 10.4. The summed E-state index contributed by atoms with van der Waals surface area (Å²) in [6, 6.07) is 16.1. The number of hydrogen-bond acceptors (Lipinski definition) is 4. The summed E-state index contributed by atoms with van der Waals surface area (Å²) in [4.78, 5) is 0. The molecule has 5 heteroatoms. The first-order chi connectivity index (χ1) is 10.3. The van der Waals surface area contributed by atoms with Gasteiger partial charge in [-0.3, -0.25) is 0 Å². The molecule has 2 aromatic rings. The third-order valence-corrected chi connectivity index (χ3v) is 5.50. The van der Waals surface area contributed by atoms with Crippen molar-refractivity contribution in [2.45, 2.75) is 0 Å². The summed E-state index contributed by atoms with van der Waals surface area (Å²) >= 11 is -0.428. The van der Waals surface area contributed by atoms with Crippen molar-refractivity contribution in [1.29, 1.82) is 0 Å². The van der Waals surface area contributed by atoms with Gasteiger partial charge in [0.05, 0.1) is 0 Å². The molecular formula is C16H18O4Te. The zero-order valence-corrected chi connectivity index (χ0v) is 13.9. The topological polar surface area (TPSA) is 58.9 Å². The monoisotopic (exact) mass is 404 g/mol. The third-order valence-electron chi connectivity index (χ3n) is 2.60. The summed E-state index contributed by atoms with van der Waals surface area (Å²) in [7, 11) is 0. The zero-order valence-electron chi connectivity index (χ0n) is 11.6. The molecule has 0 saturated heterocycles. The van der Waals surface area contributed by atoms with E-state index in [4.69, 9.17) is 19.7 Å². The fourth-order valence-corrected chi connectivity index (χ4v) is 4.00. The summed E-state index contributed by atoms with van der Waals surface area (Å²) in [5.74, 6) is 1.57. The van der Waals surface area contributed by atoms with Crippen molar-refractivity contribution < 1.29 is 19.7 Å². The van der Waals surface area contributed by atoms with Crippen LogP contribution in [0.4, 0.5) is 0 Å². The standard InChI is InChI=1S/C16H18O4Te/c17-9-11-19-13-1-5-15(6-2-13)21-16-7-3-14(4-8-16)20-12-10-18/h1-8,17-18H,9-12H2. The average molecular weight is 402 g/mol. The second-order valence-corrected chi connectivity index (χ2v) is 7.46. The molecule has 0 spiro atoms. The quantitative estimate of drug-likeness (QED) is 0.615. The van der Waals surface area contributed by atoms with Gasteiger partial charge >= 0.3 is 134 Å². The van der Waals surface area contributed by atoms with E-state index in [1.165, 1.54) is 7.22 Å². The van der Waals surface area contributed by atoms with Crippen LogP contribution in [0.1, 0.15) is 0 Å². The molecule has 21 heavy (non-hydrogen) atoms. The predicted octanol–water partition coefficient (Wildman–Crippen LogP) is 0.0838. The van der Waals surface area contributed by atoms with Crippen molar-refractivity contribution in [3.8, 4) is 11.5 Å². The molecule has 0 aliphatic carbocycles. The summed E-state index contributed by atoms with van der Waals surface area (Å²) in [6.45, 7) is 0.706.